The van der Waals surface area contributed by atoms with Crippen molar-refractivity contribution < 1.29 is 8.42 Å². The molecule has 0 unspecified atom stereocenters. The zero-order valence-electron chi connectivity index (χ0n) is 12.7. The summed E-state index contributed by atoms with van der Waals surface area (Å²) in [6.07, 6.45) is 0.797. The highest BCUT2D eigenvalue weighted by atomic mass is 32.2. The smallest absolute Gasteiger partial charge is 0.243 e. The fourth-order valence-electron chi connectivity index (χ4n) is 1.95. The summed E-state index contributed by atoms with van der Waals surface area (Å²) in [5.41, 5.74) is 6.19. The molecule has 1 aromatic carbocycles. The van der Waals surface area contributed by atoms with E-state index in [0.717, 1.165) is 13.0 Å². The Morgan fingerprint density at radius 3 is 2.19 bits per heavy atom. The average Bonchev–Trinajstić information content (AvgIpc) is 2.43. The lowest BCUT2D eigenvalue weighted by Gasteiger charge is -2.21. The largest absolute Gasteiger partial charge is 0.389 e. The zero-order valence-corrected chi connectivity index (χ0v) is 14.4. The highest BCUT2D eigenvalue weighted by molar-refractivity contribution is 7.89. The van der Waals surface area contributed by atoms with Crippen molar-refractivity contribution >= 4 is 27.2 Å². The van der Waals surface area contributed by atoms with E-state index in [0.29, 0.717) is 18.7 Å². The van der Waals surface area contributed by atoms with Crippen molar-refractivity contribution in [1.29, 1.82) is 0 Å². The molecule has 0 saturated carbocycles. The first kappa shape index (κ1) is 18.0. The molecule has 1 rings (SSSR count). The van der Waals surface area contributed by atoms with Gasteiger partial charge in [-0.15, -0.1) is 0 Å². The molecule has 0 aliphatic heterocycles. The lowest BCUT2D eigenvalue weighted by atomic mass is 10.2. The number of benzene rings is 1. The number of hydrogen-bond acceptors (Lipinski definition) is 4. The molecule has 7 heteroatoms. The SMILES string of the molecule is CCN(CCCN(C)C)S(=O)(=O)c1ccc(C(N)=S)cc1. The number of hydrogen-bond donors (Lipinski definition) is 1. The summed E-state index contributed by atoms with van der Waals surface area (Å²) < 4.78 is 26.6. The lowest BCUT2D eigenvalue weighted by Crippen LogP contribution is -2.33. The van der Waals surface area contributed by atoms with Gasteiger partial charge in [0.2, 0.25) is 10.0 Å². The Morgan fingerprint density at radius 1 is 1.19 bits per heavy atom. The van der Waals surface area contributed by atoms with Crippen molar-refractivity contribution in [2.24, 2.45) is 5.73 Å². The van der Waals surface area contributed by atoms with Crippen molar-refractivity contribution in [3.63, 3.8) is 0 Å². The fraction of sp³-hybridized carbons (Fsp3) is 0.500. The molecule has 118 valence electrons. The predicted molar refractivity (Wildman–Crippen MR) is 89.9 cm³/mol. The van der Waals surface area contributed by atoms with E-state index < -0.39 is 10.0 Å². The highest BCUT2D eigenvalue weighted by Crippen LogP contribution is 2.16. The second-order valence-electron chi connectivity index (χ2n) is 5.04. The molecule has 1 aromatic rings. The van der Waals surface area contributed by atoms with E-state index in [1.165, 1.54) is 4.31 Å². The average molecular weight is 329 g/mol. The first-order chi connectivity index (χ1) is 9.78. The topological polar surface area (TPSA) is 66.6 Å². The van der Waals surface area contributed by atoms with Crippen LogP contribution < -0.4 is 5.73 Å². The predicted octanol–water partition coefficient (Wildman–Crippen LogP) is 1.28. The van der Waals surface area contributed by atoms with E-state index >= 15 is 0 Å². The van der Waals surface area contributed by atoms with Crippen LogP contribution >= 0.6 is 12.2 Å². The van der Waals surface area contributed by atoms with Crippen LogP contribution in [0.5, 0.6) is 0 Å². The van der Waals surface area contributed by atoms with Crippen LogP contribution in [0.25, 0.3) is 0 Å². The number of nitrogens with zero attached hydrogens (tertiary/aromatic N) is 2. The van der Waals surface area contributed by atoms with Crippen molar-refractivity contribution in [3.8, 4) is 0 Å². The van der Waals surface area contributed by atoms with Crippen LogP contribution in [-0.2, 0) is 10.0 Å². The van der Waals surface area contributed by atoms with Gasteiger partial charge in [0.25, 0.3) is 0 Å². The molecule has 0 aliphatic carbocycles. The van der Waals surface area contributed by atoms with Crippen LogP contribution in [-0.4, -0.2) is 56.3 Å². The van der Waals surface area contributed by atoms with Crippen molar-refractivity contribution in [1.82, 2.24) is 9.21 Å². The van der Waals surface area contributed by atoms with Gasteiger partial charge in [0.1, 0.15) is 4.99 Å². The zero-order chi connectivity index (χ0) is 16.0. The maximum atomic E-state index is 12.6. The Labute approximate surface area is 132 Å². The second-order valence-corrected chi connectivity index (χ2v) is 7.42. The molecule has 0 fully saturated rings. The monoisotopic (exact) mass is 329 g/mol. The van der Waals surface area contributed by atoms with Gasteiger partial charge in [-0.1, -0.05) is 31.3 Å². The molecule has 0 amide bonds. The third-order valence-electron chi connectivity index (χ3n) is 3.14. The van der Waals surface area contributed by atoms with Gasteiger partial charge in [0, 0.05) is 18.7 Å². The van der Waals surface area contributed by atoms with Crippen molar-refractivity contribution in [2.45, 2.75) is 18.2 Å². The Kier molecular flexibility index (Phi) is 6.73. The van der Waals surface area contributed by atoms with Crippen molar-refractivity contribution in [2.75, 3.05) is 33.7 Å². The fourth-order valence-corrected chi connectivity index (χ4v) is 3.58. The van der Waals surface area contributed by atoms with E-state index in [1.807, 2.05) is 25.9 Å². The normalized spacial score (nSPS) is 12.0. The molecule has 0 spiro atoms. The third-order valence-corrected chi connectivity index (χ3v) is 5.37. The minimum absolute atomic E-state index is 0.261. The summed E-state index contributed by atoms with van der Waals surface area (Å²) in [7, 11) is 0.482. The Balaban J connectivity index is 2.88. The van der Waals surface area contributed by atoms with E-state index in [4.69, 9.17) is 18.0 Å². The minimum Gasteiger partial charge on any atom is -0.389 e. The molecule has 0 radical (unpaired) electrons. The summed E-state index contributed by atoms with van der Waals surface area (Å²) in [6, 6.07) is 6.39. The molecule has 0 bridgehead atoms. The number of nitrogens with two attached hydrogens (primary N) is 1. The molecule has 2 N–H and O–H groups in total. The van der Waals surface area contributed by atoms with Crippen LogP contribution in [0.15, 0.2) is 29.2 Å². The van der Waals surface area contributed by atoms with E-state index in [1.54, 1.807) is 24.3 Å². The van der Waals surface area contributed by atoms with Gasteiger partial charge in [-0.05, 0) is 39.2 Å². The standard InChI is InChI=1S/C14H23N3O2S2/c1-4-17(11-5-10-16(2)3)21(18,19)13-8-6-12(7-9-13)14(15)20/h6-9H,4-5,10-11H2,1-3H3,(H2,15,20). The number of rotatable bonds is 8. The van der Waals surface area contributed by atoms with Crippen LogP contribution in [0.1, 0.15) is 18.9 Å². The van der Waals surface area contributed by atoms with Crippen molar-refractivity contribution in [3.05, 3.63) is 29.8 Å². The lowest BCUT2D eigenvalue weighted by molar-refractivity contribution is 0.356. The van der Waals surface area contributed by atoms with E-state index in [-0.39, 0.29) is 9.88 Å². The maximum Gasteiger partial charge on any atom is 0.243 e. The second kappa shape index (κ2) is 7.84. The van der Waals surface area contributed by atoms with Gasteiger partial charge in [-0.25, -0.2) is 8.42 Å². The molecule has 21 heavy (non-hydrogen) atoms. The Bertz CT molecular complexity index is 568. The van der Waals surface area contributed by atoms with E-state index in [9.17, 15) is 8.42 Å². The number of sulfonamides is 1. The molecule has 0 saturated heterocycles. The summed E-state index contributed by atoms with van der Waals surface area (Å²) in [4.78, 5) is 2.57. The van der Waals surface area contributed by atoms with Gasteiger partial charge >= 0.3 is 0 Å². The molecule has 0 atom stereocenters. The quantitative estimate of drug-likeness (QED) is 0.728. The highest BCUT2D eigenvalue weighted by Gasteiger charge is 2.22. The molecule has 0 aliphatic rings. The Hall–Kier alpha value is -1.02. The molecular weight excluding hydrogens is 306 g/mol. The summed E-state index contributed by atoms with van der Waals surface area (Å²) in [6.45, 7) is 3.66. The van der Waals surface area contributed by atoms with Gasteiger partial charge in [0.05, 0.1) is 4.90 Å². The molecular formula is C14H23N3O2S2. The third kappa shape index (κ3) is 5.03. The first-order valence-electron chi connectivity index (χ1n) is 6.83. The van der Waals surface area contributed by atoms with Gasteiger partial charge in [-0.2, -0.15) is 4.31 Å². The molecule has 0 heterocycles. The summed E-state index contributed by atoms with van der Waals surface area (Å²) in [5, 5.41) is 0. The van der Waals surface area contributed by atoms with E-state index in [2.05, 4.69) is 0 Å². The van der Waals surface area contributed by atoms with Crippen LogP contribution in [0.3, 0.4) is 0 Å². The van der Waals surface area contributed by atoms with Gasteiger partial charge in [0.15, 0.2) is 0 Å². The van der Waals surface area contributed by atoms with Crippen LogP contribution in [0, 0.1) is 0 Å². The molecule has 5 nitrogen and oxygen atoms in total. The van der Waals surface area contributed by atoms with Crippen LogP contribution in [0.2, 0.25) is 0 Å². The summed E-state index contributed by atoms with van der Waals surface area (Å²) in [5.74, 6) is 0. The number of thiocarbonyl (C=S) groups is 1. The van der Waals surface area contributed by atoms with Gasteiger partial charge in [-0.3, -0.25) is 0 Å². The maximum absolute atomic E-state index is 12.6. The summed E-state index contributed by atoms with van der Waals surface area (Å²) >= 11 is 4.87. The van der Waals surface area contributed by atoms with Crippen LogP contribution in [0.4, 0.5) is 0 Å². The Morgan fingerprint density at radius 2 is 1.76 bits per heavy atom. The molecule has 0 aromatic heterocycles. The minimum atomic E-state index is -3.46. The first-order valence-corrected chi connectivity index (χ1v) is 8.68. The van der Waals surface area contributed by atoms with Gasteiger partial charge < -0.3 is 10.6 Å².